The fourth-order valence-corrected chi connectivity index (χ4v) is 3.51. The van der Waals surface area contributed by atoms with Crippen molar-refractivity contribution in [1.82, 2.24) is 24.3 Å². The Hall–Kier alpha value is -2.00. The normalized spacial score (nSPS) is 14.2. The molecule has 0 saturated heterocycles. The molecule has 0 saturated carbocycles. The van der Waals surface area contributed by atoms with E-state index in [0.717, 1.165) is 30.5 Å². The van der Waals surface area contributed by atoms with Crippen molar-refractivity contribution in [2.75, 3.05) is 6.54 Å². The summed E-state index contributed by atoms with van der Waals surface area (Å²) in [4.78, 5) is 12.0. The van der Waals surface area contributed by atoms with Crippen LogP contribution < -0.4 is 10.3 Å². The van der Waals surface area contributed by atoms with E-state index in [1.807, 2.05) is 0 Å². The van der Waals surface area contributed by atoms with Gasteiger partial charge in [-0.25, -0.2) is 17.8 Å². The third-order valence-electron chi connectivity index (χ3n) is 3.63. The quantitative estimate of drug-likeness (QED) is 0.795. The summed E-state index contributed by atoms with van der Waals surface area (Å²) in [6.07, 6.45) is 5.48. The van der Waals surface area contributed by atoms with Crippen molar-refractivity contribution in [3.8, 4) is 0 Å². The molecular weight excluding hydrogens is 306 g/mol. The summed E-state index contributed by atoms with van der Waals surface area (Å²) in [6.45, 7) is 0.300. The van der Waals surface area contributed by atoms with Crippen LogP contribution in [0.1, 0.15) is 17.7 Å². The predicted octanol–water partition coefficient (Wildman–Crippen LogP) is -0.556. The van der Waals surface area contributed by atoms with Gasteiger partial charge in [-0.1, -0.05) is 0 Å². The van der Waals surface area contributed by atoms with Crippen molar-refractivity contribution in [2.24, 2.45) is 7.05 Å². The molecule has 0 aliphatic heterocycles. The van der Waals surface area contributed by atoms with Gasteiger partial charge < -0.3 is 0 Å². The molecule has 0 bridgehead atoms. The van der Waals surface area contributed by atoms with Crippen LogP contribution in [-0.2, 0) is 36.5 Å². The third kappa shape index (κ3) is 2.95. The maximum Gasteiger partial charge on any atom is 0.267 e. The van der Waals surface area contributed by atoms with Gasteiger partial charge in [0.15, 0.2) is 0 Å². The summed E-state index contributed by atoms with van der Waals surface area (Å²) >= 11 is 0. The fraction of sp³-hybridized carbons (Fsp3) is 0.462. The topological polar surface area (TPSA) is 98.9 Å². The van der Waals surface area contributed by atoms with Crippen LogP contribution in [0.3, 0.4) is 0 Å². The molecular formula is C13H17N5O3S. The van der Waals surface area contributed by atoms with Crippen LogP contribution in [0.2, 0.25) is 0 Å². The highest BCUT2D eigenvalue weighted by Crippen LogP contribution is 2.16. The molecule has 0 spiro atoms. The SMILES string of the molecule is Cn1cc(S(=O)(=O)NCCn2nc3c(cc2=O)CCC3)cn1. The standard InChI is InChI=1S/C13H17N5O3S/c1-17-9-11(8-14-17)22(20,21)15-5-6-18-13(19)7-10-3-2-4-12(10)16-18/h7-9,15H,2-6H2,1H3. The molecule has 1 N–H and O–H groups in total. The monoisotopic (exact) mass is 323 g/mol. The summed E-state index contributed by atoms with van der Waals surface area (Å²) in [5.41, 5.74) is 1.76. The average molecular weight is 323 g/mol. The van der Waals surface area contributed by atoms with Gasteiger partial charge in [-0.2, -0.15) is 10.2 Å². The van der Waals surface area contributed by atoms with Crippen LogP contribution in [0.25, 0.3) is 0 Å². The number of nitrogens with zero attached hydrogens (tertiary/aromatic N) is 4. The van der Waals surface area contributed by atoms with Gasteiger partial charge in [-0.05, 0) is 24.8 Å². The number of aryl methyl sites for hydroxylation is 3. The molecule has 0 unspecified atom stereocenters. The number of fused-ring (bicyclic) bond motifs is 1. The molecule has 22 heavy (non-hydrogen) atoms. The van der Waals surface area contributed by atoms with E-state index < -0.39 is 10.0 Å². The minimum Gasteiger partial charge on any atom is -0.274 e. The lowest BCUT2D eigenvalue weighted by Crippen LogP contribution is -2.32. The molecule has 8 nitrogen and oxygen atoms in total. The van der Waals surface area contributed by atoms with E-state index in [-0.39, 0.29) is 23.5 Å². The van der Waals surface area contributed by atoms with Crippen molar-refractivity contribution >= 4 is 10.0 Å². The molecule has 2 heterocycles. The van der Waals surface area contributed by atoms with E-state index in [0.29, 0.717) is 0 Å². The predicted molar refractivity (Wildman–Crippen MR) is 78.9 cm³/mol. The molecule has 0 aromatic carbocycles. The van der Waals surface area contributed by atoms with Crippen molar-refractivity contribution in [2.45, 2.75) is 30.7 Å². The van der Waals surface area contributed by atoms with Crippen molar-refractivity contribution in [1.29, 1.82) is 0 Å². The zero-order valence-corrected chi connectivity index (χ0v) is 13.0. The first-order valence-electron chi connectivity index (χ1n) is 7.04. The third-order valence-corrected chi connectivity index (χ3v) is 5.05. The summed E-state index contributed by atoms with van der Waals surface area (Å²) in [5.74, 6) is 0. The van der Waals surface area contributed by atoms with Crippen molar-refractivity contribution in [3.63, 3.8) is 0 Å². The summed E-state index contributed by atoms with van der Waals surface area (Å²) < 4.78 is 29.3. The van der Waals surface area contributed by atoms with Gasteiger partial charge in [-0.3, -0.25) is 9.48 Å². The second kappa shape index (κ2) is 5.65. The van der Waals surface area contributed by atoms with Gasteiger partial charge in [0.2, 0.25) is 10.0 Å². The molecule has 2 aromatic rings. The number of rotatable bonds is 5. The molecule has 0 radical (unpaired) electrons. The van der Waals surface area contributed by atoms with Gasteiger partial charge in [0, 0.05) is 25.9 Å². The molecule has 3 rings (SSSR count). The molecule has 1 aliphatic carbocycles. The Morgan fingerprint density at radius 1 is 1.36 bits per heavy atom. The Morgan fingerprint density at radius 2 is 2.18 bits per heavy atom. The first kappa shape index (κ1) is 14.9. The second-order valence-electron chi connectivity index (χ2n) is 5.28. The lowest BCUT2D eigenvalue weighted by atomic mass is 10.2. The molecule has 0 fully saturated rings. The zero-order chi connectivity index (χ0) is 15.7. The maximum atomic E-state index is 12.0. The maximum absolute atomic E-state index is 12.0. The van der Waals surface area contributed by atoms with Crippen LogP contribution in [0, 0.1) is 0 Å². The molecule has 2 aromatic heterocycles. The second-order valence-corrected chi connectivity index (χ2v) is 7.05. The number of nitrogens with one attached hydrogen (secondary N) is 1. The minimum absolute atomic E-state index is 0.100. The van der Waals surface area contributed by atoms with E-state index in [1.165, 1.54) is 21.8 Å². The lowest BCUT2D eigenvalue weighted by molar-refractivity contribution is 0.541. The summed E-state index contributed by atoms with van der Waals surface area (Å²) in [5, 5.41) is 8.13. The Bertz CT molecular complexity index is 853. The average Bonchev–Trinajstić information content (AvgIpc) is 3.07. The molecule has 1 aliphatic rings. The smallest absolute Gasteiger partial charge is 0.267 e. The van der Waals surface area contributed by atoms with Crippen LogP contribution >= 0.6 is 0 Å². The number of aromatic nitrogens is 4. The first-order valence-corrected chi connectivity index (χ1v) is 8.52. The molecule has 0 atom stereocenters. The zero-order valence-electron chi connectivity index (χ0n) is 12.2. The van der Waals surface area contributed by atoms with E-state index in [9.17, 15) is 13.2 Å². The number of sulfonamides is 1. The molecule has 0 amide bonds. The van der Waals surface area contributed by atoms with Crippen LogP contribution in [0.15, 0.2) is 28.2 Å². The van der Waals surface area contributed by atoms with Crippen molar-refractivity contribution < 1.29 is 8.42 Å². The Labute approximate surface area is 127 Å². The summed E-state index contributed by atoms with van der Waals surface area (Å²) in [7, 11) is -1.96. The molecule has 9 heteroatoms. The van der Waals surface area contributed by atoms with Crippen molar-refractivity contribution in [3.05, 3.63) is 40.1 Å². The van der Waals surface area contributed by atoms with Gasteiger partial charge in [-0.15, -0.1) is 0 Å². The Kier molecular flexibility index (Phi) is 3.83. The molecule has 118 valence electrons. The van der Waals surface area contributed by atoms with E-state index in [2.05, 4.69) is 14.9 Å². The van der Waals surface area contributed by atoms with E-state index in [4.69, 9.17) is 0 Å². The summed E-state index contributed by atoms with van der Waals surface area (Å²) in [6, 6.07) is 1.60. The Balaban J connectivity index is 1.68. The van der Waals surface area contributed by atoms with Crippen LogP contribution in [0.4, 0.5) is 0 Å². The van der Waals surface area contributed by atoms with E-state index in [1.54, 1.807) is 13.1 Å². The highest BCUT2D eigenvalue weighted by molar-refractivity contribution is 7.89. The number of hydrogen-bond acceptors (Lipinski definition) is 5. The largest absolute Gasteiger partial charge is 0.274 e. The van der Waals surface area contributed by atoms with Crippen LogP contribution in [0.5, 0.6) is 0 Å². The number of hydrogen-bond donors (Lipinski definition) is 1. The minimum atomic E-state index is -3.61. The highest BCUT2D eigenvalue weighted by atomic mass is 32.2. The fourth-order valence-electron chi connectivity index (χ4n) is 2.51. The van der Waals surface area contributed by atoms with Gasteiger partial charge in [0.1, 0.15) is 4.90 Å². The van der Waals surface area contributed by atoms with Gasteiger partial charge in [0.25, 0.3) is 5.56 Å². The lowest BCUT2D eigenvalue weighted by Gasteiger charge is -2.08. The van der Waals surface area contributed by atoms with E-state index >= 15 is 0 Å². The van der Waals surface area contributed by atoms with Gasteiger partial charge >= 0.3 is 0 Å². The highest BCUT2D eigenvalue weighted by Gasteiger charge is 2.17. The Morgan fingerprint density at radius 3 is 2.91 bits per heavy atom. The first-order chi connectivity index (χ1) is 10.5. The van der Waals surface area contributed by atoms with Crippen LogP contribution in [-0.4, -0.2) is 34.5 Å². The van der Waals surface area contributed by atoms with Gasteiger partial charge in [0.05, 0.1) is 18.4 Å².